The summed E-state index contributed by atoms with van der Waals surface area (Å²) in [6, 6.07) is 0. The number of amides is 1. The third-order valence-electron chi connectivity index (χ3n) is 5.09. The highest BCUT2D eigenvalue weighted by molar-refractivity contribution is 5.94. The van der Waals surface area contributed by atoms with Crippen molar-refractivity contribution in [2.24, 2.45) is 22.7 Å². The molecule has 120 valence electrons. The second kappa shape index (κ2) is 7.11. The fraction of sp³-hybridized carbons (Fsp3) is 0.867. The summed E-state index contributed by atoms with van der Waals surface area (Å²) in [5.74, 6) is 0.799. The van der Waals surface area contributed by atoms with Gasteiger partial charge < -0.3 is 21.0 Å². The van der Waals surface area contributed by atoms with Gasteiger partial charge in [-0.1, -0.05) is 18.5 Å². The average molecular weight is 297 g/mol. The molecule has 0 aromatic carbocycles. The van der Waals surface area contributed by atoms with E-state index in [-0.39, 0.29) is 17.7 Å². The summed E-state index contributed by atoms with van der Waals surface area (Å²) < 4.78 is 5.29. The number of nitrogens with zero attached hydrogens (tertiary/aromatic N) is 1. The van der Waals surface area contributed by atoms with Gasteiger partial charge in [0.05, 0.1) is 0 Å². The molecule has 0 bridgehead atoms. The summed E-state index contributed by atoms with van der Waals surface area (Å²) in [7, 11) is 0. The van der Waals surface area contributed by atoms with Crippen molar-refractivity contribution >= 4 is 11.7 Å². The van der Waals surface area contributed by atoms with Gasteiger partial charge in [-0.05, 0) is 44.4 Å². The lowest BCUT2D eigenvalue weighted by atomic mass is 9.74. The standard InChI is InChI=1S/C15H27N3O3/c1-2-11-3-7-15(8-4-11,14(16)18-20)17-13(19)12-5-9-21-10-6-12/h11-12,20H,2-10H2,1H3,(H2,16,18)(H,17,19). The van der Waals surface area contributed by atoms with Crippen LogP contribution in [-0.4, -0.2) is 35.7 Å². The van der Waals surface area contributed by atoms with Gasteiger partial charge in [-0.25, -0.2) is 0 Å². The first-order valence-corrected chi connectivity index (χ1v) is 7.99. The maximum absolute atomic E-state index is 12.5. The van der Waals surface area contributed by atoms with Crippen molar-refractivity contribution in [1.29, 1.82) is 0 Å². The highest BCUT2D eigenvalue weighted by Crippen LogP contribution is 2.34. The fourth-order valence-corrected chi connectivity index (χ4v) is 3.42. The van der Waals surface area contributed by atoms with Gasteiger partial charge in [-0.3, -0.25) is 4.79 Å². The molecule has 1 aliphatic heterocycles. The van der Waals surface area contributed by atoms with Gasteiger partial charge in [0.2, 0.25) is 5.91 Å². The lowest BCUT2D eigenvalue weighted by Gasteiger charge is -2.40. The molecular weight excluding hydrogens is 270 g/mol. The predicted octanol–water partition coefficient (Wildman–Crippen LogP) is 1.61. The Bertz CT molecular complexity index is 384. The van der Waals surface area contributed by atoms with Crippen LogP contribution in [0, 0.1) is 11.8 Å². The normalized spacial score (nSPS) is 31.9. The summed E-state index contributed by atoms with van der Waals surface area (Å²) in [6.07, 6.45) is 6.12. The van der Waals surface area contributed by atoms with Crippen LogP contribution in [-0.2, 0) is 9.53 Å². The van der Waals surface area contributed by atoms with Gasteiger partial charge in [-0.2, -0.15) is 0 Å². The van der Waals surface area contributed by atoms with Crippen LogP contribution in [0.4, 0.5) is 0 Å². The predicted molar refractivity (Wildman–Crippen MR) is 80.1 cm³/mol. The van der Waals surface area contributed by atoms with Crippen molar-refractivity contribution in [3.05, 3.63) is 0 Å². The molecule has 1 saturated heterocycles. The Balaban J connectivity index is 2.04. The first-order chi connectivity index (χ1) is 10.1. The second-order valence-electron chi connectivity index (χ2n) is 6.29. The molecular formula is C15H27N3O3. The molecule has 0 radical (unpaired) electrons. The van der Waals surface area contributed by atoms with Crippen LogP contribution in [0.15, 0.2) is 5.16 Å². The van der Waals surface area contributed by atoms with E-state index in [4.69, 9.17) is 15.7 Å². The molecule has 1 aliphatic carbocycles. The Labute approximate surface area is 126 Å². The molecule has 6 heteroatoms. The lowest BCUT2D eigenvalue weighted by Crippen LogP contribution is -2.60. The molecule has 1 amide bonds. The monoisotopic (exact) mass is 297 g/mol. The minimum atomic E-state index is -0.671. The van der Waals surface area contributed by atoms with Gasteiger partial charge in [0.1, 0.15) is 5.54 Å². The molecule has 0 aromatic heterocycles. The minimum Gasteiger partial charge on any atom is -0.409 e. The third kappa shape index (κ3) is 3.67. The van der Waals surface area contributed by atoms with E-state index in [9.17, 15) is 4.79 Å². The van der Waals surface area contributed by atoms with Crippen LogP contribution in [0.2, 0.25) is 0 Å². The topological polar surface area (TPSA) is 96.9 Å². The van der Waals surface area contributed by atoms with Gasteiger partial charge in [-0.15, -0.1) is 0 Å². The first-order valence-electron chi connectivity index (χ1n) is 7.99. The molecule has 0 aromatic rings. The van der Waals surface area contributed by atoms with Crippen LogP contribution in [0.3, 0.4) is 0 Å². The van der Waals surface area contributed by atoms with Crippen molar-refractivity contribution in [2.75, 3.05) is 13.2 Å². The van der Waals surface area contributed by atoms with Gasteiger partial charge in [0.25, 0.3) is 0 Å². The Morgan fingerprint density at radius 1 is 1.33 bits per heavy atom. The summed E-state index contributed by atoms with van der Waals surface area (Å²) >= 11 is 0. The van der Waals surface area contributed by atoms with Crippen LogP contribution in [0.5, 0.6) is 0 Å². The van der Waals surface area contributed by atoms with Crippen LogP contribution in [0.1, 0.15) is 51.9 Å². The summed E-state index contributed by atoms with van der Waals surface area (Å²) in [5, 5.41) is 15.4. The molecule has 2 rings (SSSR count). The maximum Gasteiger partial charge on any atom is 0.224 e. The van der Waals surface area contributed by atoms with Crippen molar-refractivity contribution in [1.82, 2.24) is 5.32 Å². The van der Waals surface area contributed by atoms with Crippen molar-refractivity contribution in [2.45, 2.75) is 57.4 Å². The number of carbonyl (C=O) groups excluding carboxylic acids is 1. The zero-order valence-electron chi connectivity index (χ0n) is 12.8. The van der Waals surface area contributed by atoms with Crippen LogP contribution >= 0.6 is 0 Å². The third-order valence-corrected chi connectivity index (χ3v) is 5.09. The highest BCUT2D eigenvalue weighted by Gasteiger charge is 2.41. The Hall–Kier alpha value is -1.30. The molecule has 1 heterocycles. The molecule has 0 unspecified atom stereocenters. The molecule has 0 spiro atoms. The van der Waals surface area contributed by atoms with Gasteiger partial charge in [0, 0.05) is 19.1 Å². The van der Waals surface area contributed by atoms with E-state index in [2.05, 4.69) is 17.4 Å². The van der Waals surface area contributed by atoms with E-state index >= 15 is 0 Å². The molecule has 0 atom stereocenters. The summed E-state index contributed by atoms with van der Waals surface area (Å²) in [5.41, 5.74) is 5.24. The molecule has 6 nitrogen and oxygen atoms in total. The number of oxime groups is 1. The average Bonchev–Trinajstić information content (AvgIpc) is 2.55. The number of hydrogen-bond donors (Lipinski definition) is 3. The number of nitrogens with one attached hydrogen (secondary N) is 1. The first kappa shape index (κ1) is 16.1. The molecule has 4 N–H and O–H groups in total. The molecule has 1 saturated carbocycles. The quantitative estimate of drug-likeness (QED) is 0.318. The van der Waals surface area contributed by atoms with Crippen molar-refractivity contribution < 1.29 is 14.7 Å². The van der Waals surface area contributed by atoms with Gasteiger partial charge in [0.15, 0.2) is 5.84 Å². The Morgan fingerprint density at radius 2 is 1.95 bits per heavy atom. The molecule has 21 heavy (non-hydrogen) atoms. The fourth-order valence-electron chi connectivity index (χ4n) is 3.42. The highest BCUT2D eigenvalue weighted by atomic mass is 16.5. The van der Waals surface area contributed by atoms with E-state index in [1.165, 1.54) is 0 Å². The largest absolute Gasteiger partial charge is 0.409 e. The lowest BCUT2D eigenvalue weighted by molar-refractivity contribution is -0.129. The van der Waals surface area contributed by atoms with Crippen LogP contribution in [0.25, 0.3) is 0 Å². The summed E-state index contributed by atoms with van der Waals surface area (Å²) in [6.45, 7) is 3.45. The summed E-state index contributed by atoms with van der Waals surface area (Å²) in [4.78, 5) is 12.5. The number of rotatable bonds is 4. The number of hydrogen-bond acceptors (Lipinski definition) is 4. The van der Waals surface area contributed by atoms with Crippen molar-refractivity contribution in [3.8, 4) is 0 Å². The number of ether oxygens (including phenoxy) is 1. The SMILES string of the molecule is CCC1CCC(NC(=O)C2CCOCC2)(C(N)=NO)CC1. The minimum absolute atomic E-state index is 0.0137. The Morgan fingerprint density at radius 3 is 2.48 bits per heavy atom. The van der Waals surface area contributed by atoms with E-state index in [1.807, 2.05) is 0 Å². The smallest absolute Gasteiger partial charge is 0.224 e. The second-order valence-corrected chi connectivity index (χ2v) is 6.29. The zero-order chi connectivity index (χ0) is 15.3. The van der Waals surface area contributed by atoms with E-state index in [1.54, 1.807) is 0 Å². The van der Waals surface area contributed by atoms with E-state index < -0.39 is 5.54 Å². The number of amidine groups is 1. The number of nitrogens with two attached hydrogens (primary N) is 1. The van der Waals surface area contributed by atoms with Gasteiger partial charge >= 0.3 is 0 Å². The number of carbonyl (C=O) groups is 1. The molecule has 2 fully saturated rings. The van der Waals surface area contributed by atoms with E-state index in [0.717, 1.165) is 44.9 Å². The Kier molecular flexibility index (Phi) is 5.45. The zero-order valence-corrected chi connectivity index (χ0v) is 12.8. The molecule has 2 aliphatic rings. The van der Waals surface area contributed by atoms with Crippen LogP contribution < -0.4 is 11.1 Å². The maximum atomic E-state index is 12.5. The van der Waals surface area contributed by atoms with E-state index in [0.29, 0.717) is 19.1 Å². The van der Waals surface area contributed by atoms with Crippen molar-refractivity contribution in [3.63, 3.8) is 0 Å².